The zero-order valence-corrected chi connectivity index (χ0v) is 13.7. The molecule has 4 heteroatoms. The fourth-order valence-electron chi connectivity index (χ4n) is 3.35. The number of Topliss-reactive ketones (excluding diaryl/α,β-unsaturated/α-hetero) is 1. The molecule has 0 saturated heterocycles. The summed E-state index contributed by atoms with van der Waals surface area (Å²) in [4.78, 5) is 29.6. The number of esters is 1. The van der Waals surface area contributed by atoms with Crippen LogP contribution in [0.1, 0.15) is 38.4 Å². The number of aromatic nitrogens is 1. The van der Waals surface area contributed by atoms with Gasteiger partial charge in [-0.15, -0.1) is 0 Å². The minimum absolute atomic E-state index is 0.205. The summed E-state index contributed by atoms with van der Waals surface area (Å²) < 4.78 is 5.36. The van der Waals surface area contributed by atoms with E-state index in [1.165, 1.54) is 0 Å². The predicted molar refractivity (Wildman–Crippen MR) is 94.8 cm³/mol. The monoisotopic (exact) mass is 331 g/mol. The number of aryl methyl sites for hydroxylation is 1. The molecule has 0 amide bonds. The molecule has 25 heavy (non-hydrogen) atoms. The Kier molecular flexibility index (Phi) is 4.02. The van der Waals surface area contributed by atoms with Crippen molar-refractivity contribution in [3.8, 4) is 0 Å². The van der Waals surface area contributed by atoms with Crippen LogP contribution in [0.4, 0.5) is 0 Å². The Morgan fingerprint density at radius 3 is 2.56 bits per heavy atom. The molecule has 4 nitrogen and oxygen atoms in total. The zero-order chi connectivity index (χ0) is 17.2. The highest BCUT2D eigenvalue weighted by Gasteiger charge is 2.25. The third-order valence-electron chi connectivity index (χ3n) is 4.55. The molecule has 0 spiro atoms. The van der Waals surface area contributed by atoms with Crippen molar-refractivity contribution in [2.75, 3.05) is 6.61 Å². The molecule has 2 aromatic carbocycles. The molecule has 0 N–H and O–H groups in total. The number of carbonyl (C=O) groups is 2. The Labute approximate surface area is 145 Å². The molecule has 124 valence electrons. The Bertz CT molecular complexity index is 964. The fraction of sp³-hybridized carbons (Fsp3) is 0.190. The highest BCUT2D eigenvalue weighted by molar-refractivity contribution is 6.06. The summed E-state index contributed by atoms with van der Waals surface area (Å²) in [7, 11) is 0. The van der Waals surface area contributed by atoms with Gasteiger partial charge in [-0.1, -0.05) is 48.5 Å². The lowest BCUT2D eigenvalue weighted by molar-refractivity contribution is 0.0475. The van der Waals surface area contributed by atoms with Crippen molar-refractivity contribution >= 4 is 22.7 Å². The lowest BCUT2D eigenvalue weighted by Gasteiger charge is -2.12. The fourth-order valence-corrected chi connectivity index (χ4v) is 3.35. The smallest absolute Gasteiger partial charge is 0.339 e. The van der Waals surface area contributed by atoms with Crippen LogP contribution in [-0.4, -0.2) is 23.3 Å². The van der Waals surface area contributed by atoms with Gasteiger partial charge in [-0.25, -0.2) is 4.79 Å². The highest BCUT2D eigenvalue weighted by Crippen LogP contribution is 2.30. The Hall–Kier alpha value is -3.01. The second-order valence-corrected chi connectivity index (χ2v) is 6.15. The quantitative estimate of drug-likeness (QED) is 0.539. The van der Waals surface area contributed by atoms with E-state index in [2.05, 4.69) is 4.98 Å². The molecule has 0 fully saturated rings. The first-order valence-corrected chi connectivity index (χ1v) is 8.40. The summed E-state index contributed by atoms with van der Waals surface area (Å²) in [5.41, 5.74) is 3.85. The third-order valence-corrected chi connectivity index (χ3v) is 4.55. The number of para-hydroxylation sites is 1. The Balaban J connectivity index is 1.63. The number of hydrogen-bond acceptors (Lipinski definition) is 4. The Morgan fingerprint density at radius 1 is 0.960 bits per heavy atom. The maximum atomic E-state index is 12.8. The van der Waals surface area contributed by atoms with Crippen molar-refractivity contribution in [1.29, 1.82) is 0 Å². The number of pyridine rings is 1. The third kappa shape index (κ3) is 2.91. The van der Waals surface area contributed by atoms with Gasteiger partial charge in [-0.2, -0.15) is 0 Å². The lowest BCUT2D eigenvalue weighted by atomic mass is 10.0. The number of fused-ring (bicyclic) bond motifs is 2. The zero-order valence-electron chi connectivity index (χ0n) is 13.7. The van der Waals surface area contributed by atoms with E-state index in [9.17, 15) is 9.59 Å². The molecule has 0 aliphatic heterocycles. The van der Waals surface area contributed by atoms with Gasteiger partial charge in [0, 0.05) is 16.6 Å². The van der Waals surface area contributed by atoms with E-state index in [-0.39, 0.29) is 12.4 Å². The van der Waals surface area contributed by atoms with Crippen molar-refractivity contribution < 1.29 is 14.3 Å². The normalized spacial score (nSPS) is 12.8. The predicted octanol–water partition coefficient (Wildman–Crippen LogP) is 3.76. The molecular weight excluding hydrogens is 314 g/mol. The first-order valence-electron chi connectivity index (χ1n) is 8.40. The first-order chi connectivity index (χ1) is 12.2. The summed E-state index contributed by atoms with van der Waals surface area (Å²) in [5.74, 6) is -0.648. The van der Waals surface area contributed by atoms with Gasteiger partial charge in [0.1, 0.15) is 0 Å². The summed E-state index contributed by atoms with van der Waals surface area (Å²) >= 11 is 0. The van der Waals surface area contributed by atoms with Crippen LogP contribution in [0.15, 0.2) is 54.6 Å². The van der Waals surface area contributed by atoms with Gasteiger partial charge in [0.05, 0.1) is 11.1 Å². The Morgan fingerprint density at radius 2 is 1.72 bits per heavy atom. The minimum atomic E-state index is -0.443. The standard InChI is InChI=1S/C21H17NO3/c23-19(14-7-2-1-3-8-14)13-25-21(24)20-15-9-4-5-11-17(15)22-18-12-6-10-16(18)20/h1-5,7-9,11H,6,10,12-13H2. The molecule has 4 rings (SSSR count). The number of carbonyl (C=O) groups excluding carboxylic acids is 2. The van der Waals surface area contributed by atoms with Crippen LogP contribution in [0.5, 0.6) is 0 Å². The van der Waals surface area contributed by atoms with Crippen LogP contribution in [0.3, 0.4) is 0 Å². The van der Waals surface area contributed by atoms with E-state index in [1.54, 1.807) is 24.3 Å². The van der Waals surface area contributed by atoms with Gasteiger partial charge in [0.25, 0.3) is 0 Å². The van der Waals surface area contributed by atoms with Gasteiger partial charge >= 0.3 is 5.97 Å². The highest BCUT2D eigenvalue weighted by atomic mass is 16.5. The minimum Gasteiger partial charge on any atom is -0.454 e. The van der Waals surface area contributed by atoms with Gasteiger partial charge < -0.3 is 4.74 Å². The number of rotatable bonds is 4. The molecule has 3 aromatic rings. The van der Waals surface area contributed by atoms with E-state index < -0.39 is 5.97 Å². The number of ether oxygens (including phenoxy) is 1. The van der Waals surface area contributed by atoms with Gasteiger partial charge in [-0.05, 0) is 30.9 Å². The van der Waals surface area contributed by atoms with Crippen LogP contribution in [-0.2, 0) is 17.6 Å². The van der Waals surface area contributed by atoms with Crippen LogP contribution in [0.25, 0.3) is 10.9 Å². The maximum Gasteiger partial charge on any atom is 0.339 e. The van der Waals surface area contributed by atoms with E-state index in [0.717, 1.165) is 41.4 Å². The van der Waals surface area contributed by atoms with Gasteiger partial charge in [0.15, 0.2) is 12.4 Å². The van der Waals surface area contributed by atoms with Crippen LogP contribution < -0.4 is 0 Å². The molecule has 1 aromatic heterocycles. The number of hydrogen-bond donors (Lipinski definition) is 0. The van der Waals surface area contributed by atoms with Crippen molar-refractivity contribution in [3.63, 3.8) is 0 Å². The van der Waals surface area contributed by atoms with Crippen LogP contribution in [0, 0.1) is 0 Å². The average molecular weight is 331 g/mol. The summed E-state index contributed by atoms with van der Waals surface area (Å²) in [6.45, 7) is -0.256. The summed E-state index contributed by atoms with van der Waals surface area (Å²) in [6, 6.07) is 16.4. The number of ketones is 1. The first kappa shape index (κ1) is 15.5. The molecule has 0 bridgehead atoms. The lowest BCUT2D eigenvalue weighted by Crippen LogP contribution is -2.16. The van der Waals surface area contributed by atoms with Crippen molar-refractivity contribution in [2.24, 2.45) is 0 Å². The largest absolute Gasteiger partial charge is 0.454 e. The van der Waals surface area contributed by atoms with Crippen LogP contribution in [0.2, 0.25) is 0 Å². The number of nitrogens with zero attached hydrogens (tertiary/aromatic N) is 1. The van der Waals surface area contributed by atoms with Crippen molar-refractivity contribution in [2.45, 2.75) is 19.3 Å². The van der Waals surface area contributed by atoms with Crippen molar-refractivity contribution in [1.82, 2.24) is 4.98 Å². The molecule has 1 heterocycles. The number of benzene rings is 2. The van der Waals surface area contributed by atoms with Gasteiger partial charge in [0.2, 0.25) is 0 Å². The summed E-state index contributed by atoms with van der Waals surface area (Å²) in [6.07, 6.45) is 2.69. The van der Waals surface area contributed by atoms with Crippen LogP contribution >= 0.6 is 0 Å². The molecule has 0 saturated carbocycles. The van der Waals surface area contributed by atoms with E-state index >= 15 is 0 Å². The SMILES string of the molecule is O=C(COC(=O)c1c2c(nc3ccccc13)CCC2)c1ccccc1. The van der Waals surface area contributed by atoms with E-state index in [1.807, 2.05) is 30.3 Å². The van der Waals surface area contributed by atoms with Crippen molar-refractivity contribution in [3.05, 3.63) is 77.0 Å². The molecular formula is C21H17NO3. The van der Waals surface area contributed by atoms with Gasteiger partial charge in [-0.3, -0.25) is 9.78 Å². The second kappa shape index (κ2) is 6.48. The maximum absolute atomic E-state index is 12.8. The average Bonchev–Trinajstić information content (AvgIpc) is 3.12. The topological polar surface area (TPSA) is 56.3 Å². The molecule has 0 radical (unpaired) electrons. The summed E-state index contributed by atoms with van der Waals surface area (Å²) in [5, 5.41) is 0.792. The van der Waals surface area contributed by atoms with E-state index in [0.29, 0.717) is 11.1 Å². The van der Waals surface area contributed by atoms with E-state index in [4.69, 9.17) is 4.74 Å². The molecule has 0 atom stereocenters. The second-order valence-electron chi connectivity index (χ2n) is 6.15. The molecule has 1 aliphatic carbocycles. The molecule has 0 unspecified atom stereocenters. The molecule has 1 aliphatic rings.